The molecule has 0 saturated heterocycles. The molecule has 0 atom stereocenters. The Hall–Kier alpha value is -1.09. The van der Waals surface area contributed by atoms with Gasteiger partial charge in [-0.25, -0.2) is 0 Å². The summed E-state index contributed by atoms with van der Waals surface area (Å²) in [6.45, 7) is 1.86. The van der Waals surface area contributed by atoms with Crippen molar-refractivity contribution in [3.63, 3.8) is 0 Å². The lowest BCUT2D eigenvalue weighted by Gasteiger charge is -2.11. The zero-order chi connectivity index (χ0) is 13.1. The van der Waals surface area contributed by atoms with Crippen LogP contribution in [0.25, 0.3) is 0 Å². The molecule has 0 amide bonds. The molecule has 1 aromatic heterocycles. The highest BCUT2D eigenvalue weighted by molar-refractivity contribution is 6.32. The van der Waals surface area contributed by atoms with Crippen LogP contribution in [0.4, 0.5) is 0 Å². The molecule has 1 aliphatic carbocycles. The third-order valence-corrected chi connectivity index (χ3v) is 3.93. The number of aryl methyl sites for hydroxylation is 2. The van der Waals surface area contributed by atoms with Gasteiger partial charge in [0.2, 0.25) is 0 Å². The first-order chi connectivity index (χ1) is 8.58. The van der Waals surface area contributed by atoms with Gasteiger partial charge in [-0.15, -0.1) is 0 Å². The largest absolute Gasteiger partial charge is 0.299 e. The van der Waals surface area contributed by atoms with E-state index >= 15 is 0 Å². The van der Waals surface area contributed by atoms with Crippen molar-refractivity contribution in [2.24, 2.45) is 7.05 Å². The minimum absolute atomic E-state index is 0.230. The number of allylic oxidation sites excluding steroid dienone is 2. The number of carbonyl (C=O) groups excluding carboxylic acids is 1. The van der Waals surface area contributed by atoms with Gasteiger partial charge in [-0.2, -0.15) is 5.10 Å². The Morgan fingerprint density at radius 2 is 2.22 bits per heavy atom. The third-order valence-electron chi connectivity index (χ3n) is 3.44. The summed E-state index contributed by atoms with van der Waals surface area (Å²) < 4.78 is 1.71. The van der Waals surface area contributed by atoms with Crippen LogP contribution in [0.2, 0.25) is 5.02 Å². The van der Waals surface area contributed by atoms with Crippen LogP contribution in [0.15, 0.2) is 11.6 Å². The second kappa shape index (κ2) is 5.70. The van der Waals surface area contributed by atoms with Crippen LogP contribution in [-0.4, -0.2) is 15.6 Å². The van der Waals surface area contributed by atoms with E-state index in [1.165, 1.54) is 18.4 Å². The van der Waals surface area contributed by atoms with Crippen molar-refractivity contribution in [3.8, 4) is 0 Å². The van der Waals surface area contributed by atoms with Crippen molar-refractivity contribution in [1.29, 1.82) is 0 Å². The first-order valence-corrected chi connectivity index (χ1v) is 6.83. The number of hydrogen-bond donors (Lipinski definition) is 0. The molecular formula is C14H19ClN2O. The maximum absolute atomic E-state index is 12.1. The minimum atomic E-state index is 0.230. The van der Waals surface area contributed by atoms with Crippen molar-refractivity contribution in [1.82, 2.24) is 9.78 Å². The predicted octanol–water partition coefficient (Wildman–Crippen LogP) is 3.38. The number of ketones is 1. The SMILES string of the molecule is Cc1nn(C)c(CC(=O)CC2=CCCCC2)c1Cl. The number of Topliss-reactive ketones (excluding diaryl/α,β-unsaturated/α-hetero) is 1. The molecule has 0 N–H and O–H groups in total. The predicted molar refractivity (Wildman–Crippen MR) is 72.8 cm³/mol. The van der Waals surface area contributed by atoms with Gasteiger partial charge in [-0.3, -0.25) is 9.48 Å². The lowest BCUT2D eigenvalue weighted by atomic mass is 9.94. The van der Waals surface area contributed by atoms with Crippen molar-refractivity contribution >= 4 is 17.4 Å². The fourth-order valence-electron chi connectivity index (χ4n) is 2.44. The molecule has 2 rings (SSSR count). The maximum atomic E-state index is 12.1. The lowest BCUT2D eigenvalue weighted by molar-refractivity contribution is -0.117. The smallest absolute Gasteiger partial charge is 0.142 e. The van der Waals surface area contributed by atoms with Gasteiger partial charge < -0.3 is 0 Å². The molecule has 0 fully saturated rings. The topological polar surface area (TPSA) is 34.9 Å². The Kier molecular flexibility index (Phi) is 4.23. The molecule has 0 aromatic carbocycles. The van der Waals surface area contributed by atoms with Gasteiger partial charge in [0, 0.05) is 13.5 Å². The van der Waals surface area contributed by atoms with Crippen LogP contribution in [-0.2, 0) is 18.3 Å². The van der Waals surface area contributed by atoms with E-state index in [1.54, 1.807) is 4.68 Å². The standard InChI is InChI=1S/C14H19ClN2O/c1-10-14(15)13(17(2)16-10)9-12(18)8-11-6-4-3-5-7-11/h6H,3-5,7-9H2,1-2H3. The van der Waals surface area contributed by atoms with Gasteiger partial charge in [0.05, 0.1) is 22.8 Å². The van der Waals surface area contributed by atoms with Crippen LogP contribution < -0.4 is 0 Å². The van der Waals surface area contributed by atoms with E-state index in [2.05, 4.69) is 11.2 Å². The summed E-state index contributed by atoms with van der Waals surface area (Å²) in [5.41, 5.74) is 2.91. The summed E-state index contributed by atoms with van der Waals surface area (Å²) in [6.07, 6.45) is 7.83. The van der Waals surface area contributed by atoms with Crippen LogP contribution >= 0.6 is 11.6 Å². The molecule has 3 nitrogen and oxygen atoms in total. The molecular weight excluding hydrogens is 248 g/mol. The Balaban J connectivity index is 2.00. The number of hydrogen-bond acceptors (Lipinski definition) is 2. The van der Waals surface area contributed by atoms with E-state index in [9.17, 15) is 4.79 Å². The Labute approximate surface area is 113 Å². The Bertz CT molecular complexity index is 488. The summed E-state index contributed by atoms with van der Waals surface area (Å²) in [4.78, 5) is 12.1. The first-order valence-electron chi connectivity index (χ1n) is 6.45. The molecule has 1 heterocycles. The molecule has 4 heteroatoms. The molecule has 18 heavy (non-hydrogen) atoms. The summed E-state index contributed by atoms with van der Waals surface area (Å²) in [5, 5.41) is 4.86. The van der Waals surface area contributed by atoms with Gasteiger partial charge in [0.25, 0.3) is 0 Å². The summed E-state index contributed by atoms with van der Waals surface area (Å²) in [6, 6.07) is 0. The molecule has 0 saturated carbocycles. The molecule has 1 aromatic rings. The maximum Gasteiger partial charge on any atom is 0.142 e. The second-order valence-corrected chi connectivity index (χ2v) is 5.35. The fraction of sp³-hybridized carbons (Fsp3) is 0.571. The summed E-state index contributed by atoms with van der Waals surface area (Å²) in [7, 11) is 1.83. The van der Waals surface area contributed by atoms with E-state index in [0.717, 1.165) is 24.2 Å². The molecule has 0 radical (unpaired) electrons. The highest BCUT2D eigenvalue weighted by Gasteiger charge is 2.16. The van der Waals surface area contributed by atoms with Crippen molar-refractivity contribution < 1.29 is 4.79 Å². The van der Waals surface area contributed by atoms with Crippen LogP contribution in [0.1, 0.15) is 43.5 Å². The molecule has 0 spiro atoms. The second-order valence-electron chi connectivity index (χ2n) is 4.97. The van der Waals surface area contributed by atoms with E-state index in [1.807, 2.05) is 14.0 Å². The average Bonchev–Trinajstić information content (AvgIpc) is 2.57. The lowest BCUT2D eigenvalue weighted by Crippen LogP contribution is -2.09. The number of aromatic nitrogens is 2. The monoisotopic (exact) mass is 266 g/mol. The van der Waals surface area contributed by atoms with E-state index in [4.69, 9.17) is 11.6 Å². The average molecular weight is 267 g/mol. The van der Waals surface area contributed by atoms with Gasteiger partial charge in [-0.05, 0) is 32.6 Å². The van der Waals surface area contributed by atoms with Crippen molar-refractivity contribution in [3.05, 3.63) is 28.1 Å². The highest BCUT2D eigenvalue weighted by Crippen LogP contribution is 2.23. The van der Waals surface area contributed by atoms with E-state index in [-0.39, 0.29) is 5.78 Å². The van der Waals surface area contributed by atoms with E-state index in [0.29, 0.717) is 17.9 Å². The molecule has 98 valence electrons. The van der Waals surface area contributed by atoms with Crippen LogP contribution in [0.3, 0.4) is 0 Å². The Morgan fingerprint density at radius 3 is 2.78 bits per heavy atom. The normalized spacial score (nSPS) is 15.6. The van der Waals surface area contributed by atoms with Crippen molar-refractivity contribution in [2.45, 2.75) is 45.4 Å². The minimum Gasteiger partial charge on any atom is -0.299 e. The highest BCUT2D eigenvalue weighted by atomic mass is 35.5. The number of nitrogens with zero attached hydrogens (tertiary/aromatic N) is 2. The van der Waals surface area contributed by atoms with Gasteiger partial charge >= 0.3 is 0 Å². The molecule has 0 aliphatic heterocycles. The van der Waals surface area contributed by atoms with Gasteiger partial charge in [0.1, 0.15) is 5.78 Å². The zero-order valence-electron chi connectivity index (χ0n) is 11.0. The van der Waals surface area contributed by atoms with Crippen LogP contribution in [0, 0.1) is 6.92 Å². The number of halogens is 1. The first kappa shape index (κ1) is 13.3. The van der Waals surface area contributed by atoms with E-state index < -0.39 is 0 Å². The number of rotatable bonds is 4. The van der Waals surface area contributed by atoms with Crippen LogP contribution in [0.5, 0.6) is 0 Å². The Morgan fingerprint density at radius 1 is 1.44 bits per heavy atom. The quantitative estimate of drug-likeness (QED) is 0.783. The van der Waals surface area contributed by atoms with Crippen molar-refractivity contribution in [2.75, 3.05) is 0 Å². The molecule has 0 bridgehead atoms. The molecule has 1 aliphatic rings. The van der Waals surface area contributed by atoms with Gasteiger partial charge in [-0.1, -0.05) is 23.3 Å². The zero-order valence-corrected chi connectivity index (χ0v) is 11.8. The molecule has 0 unspecified atom stereocenters. The fourth-order valence-corrected chi connectivity index (χ4v) is 2.67. The third kappa shape index (κ3) is 3.02. The summed E-state index contributed by atoms with van der Waals surface area (Å²) in [5.74, 6) is 0.230. The van der Waals surface area contributed by atoms with Gasteiger partial charge in [0.15, 0.2) is 0 Å². The number of carbonyl (C=O) groups is 1. The summed E-state index contributed by atoms with van der Waals surface area (Å²) >= 11 is 6.15.